The third kappa shape index (κ3) is 5.12. The van der Waals surface area contributed by atoms with Crippen LogP contribution in [0.25, 0.3) is 0 Å². The van der Waals surface area contributed by atoms with Crippen LogP contribution < -0.4 is 10.1 Å². The molecule has 132 valence electrons. The molecule has 8 heteroatoms. The van der Waals surface area contributed by atoms with Gasteiger partial charge in [0.25, 0.3) is 5.91 Å². The number of rotatable bonds is 7. The highest BCUT2D eigenvalue weighted by Gasteiger charge is 2.15. The minimum absolute atomic E-state index is 0.0936. The number of aldehydes is 1. The smallest absolute Gasteiger partial charge is 0.350 e. The Bertz CT molecular complexity index is 785. The lowest BCUT2D eigenvalue weighted by atomic mass is 10.1. The first-order chi connectivity index (χ1) is 11.9. The number of esters is 1. The SMILES string of the molecule is CCOC(=O)c1cnc(NC(=O)c2cc(C=O)cc(OC(C)C)c2)s1. The second-order valence-electron chi connectivity index (χ2n) is 5.28. The number of nitrogens with one attached hydrogen (secondary N) is 1. The van der Waals surface area contributed by atoms with E-state index in [1.54, 1.807) is 19.1 Å². The maximum atomic E-state index is 12.4. The summed E-state index contributed by atoms with van der Waals surface area (Å²) in [6, 6.07) is 4.56. The molecular formula is C17H18N2O5S. The lowest BCUT2D eigenvalue weighted by molar-refractivity contribution is 0.0531. The lowest BCUT2D eigenvalue weighted by Crippen LogP contribution is -2.13. The molecule has 1 heterocycles. The lowest BCUT2D eigenvalue weighted by Gasteiger charge is -2.11. The number of benzene rings is 1. The fourth-order valence-electron chi connectivity index (χ4n) is 1.96. The van der Waals surface area contributed by atoms with Crippen LogP contribution in [0.1, 0.15) is 51.2 Å². The number of anilines is 1. The van der Waals surface area contributed by atoms with Gasteiger partial charge in [-0.15, -0.1) is 0 Å². The van der Waals surface area contributed by atoms with Gasteiger partial charge in [0.05, 0.1) is 18.9 Å². The van der Waals surface area contributed by atoms with Gasteiger partial charge in [0, 0.05) is 11.1 Å². The molecule has 0 aliphatic carbocycles. The van der Waals surface area contributed by atoms with E-state index in [1.165, 1.54) is 12.3 Å². The second kappa shape index (κ2) is 8.39. The normalized spacial score (nSPS) is 10.4. The average Bonchev–Trinajstić information content (AvgIpc) is 3.02. The van der Waals surface area contributed by atoms with Gasteiger partial charge in [-0.1, -0.05) is 11.3 Å². The standard InChI is InChI=1S/C17H18N2O5S/c1-4-23-16(22)14-8-18-17(25-14)19-15(21)12-5-11(9-20)6-13(7-12)24-10(2)3/h5-10H,4H2,1-3H3,(H,18,19,21). The van der Waals surface area contributed by atoms with Crippen LogP contribution in [0, 0.1) is 0 Å². The van der Waals surface area contributed by atoms with Crippen molar-refractivity contribution in [1.82, 2.24) is 4.98 Å². The van der Waals surface area contributed by atoms with Crippen LogP contribution in [0.4, 0.5) is 5.13 Å². The number of hydrogen-bond donors (Lipinski definition) is 1. The van der Waals surface area contributed by atoms with Crippen LogP contribution in [0.5, 0.6) is 5.75 Å². The molecule has 0 atom stereocenters. The monoisotopic (exact) mass is 362 g/mol. The molecule has 0 radical (unpaired) electrons. The Hall–Kier alpha value is -2.74. The molecule has 0 bridgehead atoms. The molecule has 0 saturated heterocycles. The van der Waals surface area contributed by atoms with Crippen molar-refractivity contribution in [1.29, 1.82) is 0 Å². The summed E-state index contributed by atoms with van der Waals surface area (Å²) in [5.74, 6) is -0.519. The van der Waals surface area contributed by atoms with Gasteiger partial charge in [0.15, 0.2) is 5.13 Å². The average molecular weight is 362 g/mol. The summed E-state index contributed by atoms with van der Waals surface area (Å²) in [6.45, 7) is 5.66. The largest absolute Gasteiger partial charge is 0.491 e. The summed E-state index contributed by atoms with van der Waals surface area (Å²) in [7, 11) is 0. The zero-order valence-corrected chi connectivity index (χ0v) is 14.9. The maximum Gasteiger partial charge on any atom is 0.350 e. The number of thiazole rings is 1. The summed E-state index contributed by atoms with van der Waals surface area (Å²) in [6.07, 6.45) is 1.89. The van der Waals surface area contributed by atoms with Gasteiger partial charge in [0.2, 0.25) is 0 Å². The zero-order chi connectivity index (χ0) is 18.4. The van der Waals surface area contributed by atoms with Gasteiger partial charge in [0.1, 0.15) is 16.9 Å². The number of carbonyl (C=O) groups excluding carboxylic acids is 3. The van der Waals surface area contributed by atoms with Crippen molar-refractivity contribution in [3.8, 4) is 5.75 Å². The molecule has 7 nitrogen and oxygen atoms in total. The Morgan fingerprint density at radius 3 is 2.72 bits per heavy atom. The predicted octanol–water partition coefficient (Wildman–Crippen LogP) is 3.17. The van der Waals surface area contributed by atoms with Crippen molar-refractivity contribution in [3.63, 3.8) is 0 Å². The molecule has 0 spiro atoms. The highest BCUT2D eigenvalue weighted by atomic mass is 32.1. The van der Waals surface area contributed by atoms with Crippen LogP contribution >= 0.6 is 11.3 Å². The molecule has 0 aliphatic rings. The Kier molecular flexibility index (Phi) is 6.24. The van der Waals surface area contributed by atoms with E-state index in [0.29, 0.717) is 22.5 Å². The summed E-state index contributed by atoms with van der Waals surface area (Å²) < 4.78 is 10.4. The van der Waals surface area contributed by atoms with Crippen LogP contribution in [-0.4, -0.2) is 35.9 Å². The molecule has 0 aliphatic heterocycles. The van der Waals surface area contributed by atoms with Crippen LogP contribution in [-0.2, 0) is 4.74 Å². The molecule has 1 aromatic carbocycles. The van der Waals surface area contributed by atoms with Crippen LogP contribution in [0.3, 0.4) is 0 Å². The highest BCUT2D eigenvalue weighted by Crippen LogP contribution is 2.22. The Morgan fingerprint density at radius 2 is 2.08 bits per heavy atom. The van der Waals surface area contributed by atoms with Crippen molar-refractivity contribution < 1.29 is 23.9 Å². The van der Waals surface area contributed by atoms with Gasteiger partial charge >= 0.3 is 5.97 Å². The number of carbonyl (C=O) groups is 3. The number of amides is 1. The van der Waals surface area contributed by atoms with Crippen LogP contribution in [0.2, 0.25) is 0 Å². The molecule has 1 N–H and O–H groups in total. The second-order valence-corrected chi connectivity index (χ2v) is 6.31. The minimum Gasteiger partial charge on any atom is -0.491 e. The molecule has 0 saturated carbocycles. The Labute approximate surface area is 149 Å². The fraction of sp³-hybridized carbons (Fsp3) is 0.294. The van der Waals surface area contributed by atoms with Crippen molar-refractivity contribution in [2.75, 3.05) is 11.9 Å². The molecular weight excluding hydrogens is 344 g/mol. The minimum atomic E-state index is -0.490. The summed E-state index contributed by atoms with van der Waals surface area (Å²) in [5, 5.41) is 2.86. The summed E-state index contributed by atoms with van der Waals surface area (Å²) >= 11 is 1.01. The third-order valence-corrected chi connectivity index (χ3v) is 3.79. The molecule has 2 rings (SSSR count). The summed E-state index contributed by atoms with van der Waals surface area (Å²) in [4.78, 5) is 39.4. The molecule has 0 unspecified atom stereocenters. The van der Waals surface area contributed by atoms with E-state index < -0.39 is 11.9 Å². The Morgan fingerprint density at radius 1 is 1.32 bits per heavy atom. The number of hydrogen-bond acceptors (Lipinski definition) is 7. The van der Waals surface area contributed by atoms with E-state index in [0.717, 1.165) is 11.3 Å². The fourth-order valence-corrected chi connectivity index (χ4v) is 2.66. The Balaban J connectivity index is 2.17. The predicted molar refractivity (Wildman–Crippen MR) is 93.6 cm³/mol. The van der Waals surface area contributed by atoms with Gasteiger partial charge in [-0.25, -0.2) is 9.78 Å². The first-order valence-electron chi connectivity index (χ1n) is 7.64. The summed E-state index contributed by atoms with van der Waals surface area (Å²) in [5.41, 5.74) is 0.586. The van der Waals surface area contributed by atoms with E-state index in [9.17, 15) is 14.4 Å². The van der Waals surface area contributed by atoms with Crippen molar-refractivity contribution in [2.45, 2.75) is 26.9 Å². The first-order valence-corrected chi connectivity index (χ1v) is 8.45. The highest BCUT2D eigenvalue weighted by molar-refractivity contribution is 7.17. The molecule has 25 heavy (non-hydrogen) atoms. The van der Waals surface area contributed by atoms with Gasteiger partial charge < -0.3 is 9.47 Å². The van der Waals surface area contributed by atoms with E-state index in [1.807, 2.05) is 13.8 Å². The molecule has 2 aromatic rings. The topological polar surface area (TPSA) is 94.6 Å². The maximum absolute atomic E-state index is 12.4. The molecule has 1 aromatic heterocycles. The van der Waals surface area contributed by atoms with E-state index in [2.05, 4.69) is 10.3 Å². The molecule has 1 amide bonds. The third-order valence-electron chi connectivity index (χ3n) is 2.90. The van der Waals surface area contributed by atoms with Crippen molar-refractivity contribution in [3.05, 3.63) is 40.4 Å². The zero-order valence-electron chi connectivity index (χ0n) is 14.1. The number of nitrogens with zero attached hydrogens (tertiary/aromatic N) is 1. The number of ether oxygens (including phenoxy) is 2. The van der Waals surface area contributed by atoms with Gasteiger partial charge in [-0.3, -0.25) is 14.9 Å². The number of aromatic nitrogens is 1. The van der Waals surface area contributed by atoms with Gasteiger partial charge in [-0.05, 0) is 39.0 Å². The van der Waals surface area contributed by atoms with E-state index >= 15 is 0 Å². The van der Waals surface area contributed by atoms with Crippen molar-refractivity contribution in [2.24, 2.45) is 0 Å². The van der Waals surface area contributed by atoms with E-state index in [4.69, 9.17) is 9.47 Å². The van der Waals surface area contributed by atoms with Crippen molar-refractivity contribution >= 4 is 34.6 Å². The quantitative estimate of drug-likeness (QED) is 0.600. The molecule has 0 fully saturated rings. The first kappa shape index (κ1) is 18.6. The van der Waals surface area contributed by atoms with E-state index in [-0.39, 0.29) is 23.4 Å². The van der Waals surface area contributed by atoms with Gasteiger partial charge in [-0.2, -0.15) is 0 Å². The van der Waals surface area contributed by atoms with Crippen LogP contribution in [0.15, 0.2) is 24.4 Å².